The van der Waals surface area contributed by atoms with Crippen LogP contribution in [0.1, 0.15) is 20.8 Å². The average Bonchev–Trinajstić information content (AvgIpc) is 2.81. The van der Waals surface area contributed by atoms with Crippen LogP contribution in [0.2, 0.25) is 0 Å². The lowest BCUT2D eigenvalue weighted by Crippen LogP contribution is -2.16. The summed E-state index contributed by atoms with van der Waals surface area (Å²) in [6.07, 6.45) is 1.40. The maximum Gasteiger partial charge on any atom is 0.347 e. The number of thiazole rings is 1. The molecule has 94 valence electrons. The molecule has 2 rings (SSSR count). The summed E-state index contributed by atoms with van der Waals surface area (Å²) < 4.78 is 0. The number of aromatic nitrogens is 1. The Kier molecular flexibility index (Phi) is 3.62. The van der Waals surface area contributed by atoms with Crippen LogP contribution in [0.4, 0.5) is 5.13 Å². The minimum Gasteiger partial charge on any atom is -0.477 e. The molecule has 0 aliphatic rings. The molecular formula is C13H14N2O2S. The zero-order chi connectivity index (χ0) is 13.1. The number of carboxylic acid groups (broad SMARTS) is 1. The number of benzene rings is 1. The first kappa shape index (κ1) is 12.6. The van der Waals surface area contributed by atoms with Crippen molar-refractivity contribution in [3.63, 3.8) is 0 Å². The highest BCUT2D eigenvalue weighted by molar-refractivity contribution is 7.17. The number of aromatic carboxylic acids is 1. The molecule has 1 aromatic carbocycles. The highest BCUT2D eigenvalue weighted by Gasteiger charge is 2.12. The van der Waals surface area contributed by atoms with Gasteiger partial charge in [0.05, 0.1) is 6.20 Å². The van der Waals surface area contributed by atoms with E-state index in [0.29, 0.717) is 0 Å². The molecule has 0 aliphatic heterocycles. The maximum absolute atomic E-state index is 10.8. The number of hydrogen-bond donors (Lipinski definition) is 1. The topological polar surface area (TPSA) is 53.4 Å². The molecule has 0 radical (unpaired) electrons. The quantitative estimate of drug-likeness (QED) is 0.920. The second kappa shape index (κ2) is 5.18. The molecule has 18 heavy (non-hydrogen) atoms. The summed E-state index contributed by atoms with van der Waals surface area (Å²) in [5, 5.41) is 9.58. The number of carboxylic acids is 1. The van der Waals surface area contributed by atoms with Crippen molar-refractivity contribution < 1.29 is 9.90 Å². The van der Waals surface area contributed by atoms with E-state index in [1.165, 1.54) is 28.7 Å². The molecular weight excluding hydrogens is 248 g/mol. The van der Waals surface area contributed by atoms with Gasteiger partial charge in [0.25, 0.3) is 0 Å². The van der Waals surface area contributed by atoms with Crippen LogP contribution in [0, 0.1) is 6.92 Å². The third-order valence-corrected chi connectivity index (χ3v) is 3.80. The van der Waals surface area contributed by atoms with Gasteiger partial charge in [-0.15, -0.1) is 0 Å². The molecule has 0 bridgehead atoms. The lowest BCUT2D eigenvalue weighted by Gasteiger charge is -2.16. The Morgan fingerprint density at radius 3 is 2.78 bits per heavy atom. The summed E-state index contributed by atoms with van der Waals surface area (Å²) in [6, 6.07) is 8.14. The largest absolute Gasteiger partial charge is 0.477 e. The minimum absolute atomic E-state index is 0.265. The molecule has 1 heterocycles. The lowest BCUT2D eigenvalue weighted by atomic mass is 10.1. The summed E-state index contributed by atoms with van der Waals surface area (Å²) in [4.78, 5) is 17.2. The van der Waals surface area contributed by atoms with E-state index in [1.54, 1.807) is 0 Å². The van der Waals surface area contributed by atoms with Gasteiger partial charge in [-0.05, 0) is 18.1 Å². The summed E-state index contributed by atoms with van der Waals surface area (Å²) in [5.41, 5.74) is 2.44. The fourth-order valence-electron chi connectivity index (χ4n) is 1.65. The van der Waals surface area contributed by atoms with Gasteiger partial charge in [0.2, 0.25) is 0 Å². The molecule has 0 fully saturated rings. The van der Waals surface area contributed by atoms with Crippen molar-refractivity contribution in [1.29, 1.82) is 0 Å². The van der Waals surface area contributed by atoms with E-state index in [-0.39, 0.29) is 4.88 Å². The minimum atomic E-state index is -0.928. The predicted molar refractivity (Wildman–Crippen MR) is 72.4 cm³/mol. The fourth-order valence-corrected chi connectivity index (χ4v) is 2.37. The van der Waals surface area contributed by atoms with Gasteiger partial charge in [0, 0.05) is 13.6 Å². The van der Waals surface area contributed by atoms with Gasteiger partial charge in [-0.25, -0.2) is 9.78 Å². The van der Waals surface area contributed by atoms with E-state index >= 15 is 0 Å². The summed E-state index contributed by atoms with van der Waals surface area (Å²) >= 11 is 1.19. The van der Waals surface area contributed by atoms with E-state index in [9.17, 15) is 4.79 Å². The lowest BCUT2D eigenvalue weighted by molar-refractivity contribution is 0.0702. The Labute approximate surface area is 110 Å². The highest BCUT2D eigenvalue weighted by atomic mass is 32.1. The number of nitrogens with zero attached hydrogens (tertiary/aromatic N) is 2. The van der Waals surface area contributed by atoms with Gasteiger partial charge in [-0.2, -0.15) is 0 Å². The van der Waals surface area contributed by atoms with Gasteiger partial charge in [0.15, 0.2) is 5.13 Å². The number of aryl methyl sites for hydroxylation is 1. The van der Waals surface area contributed by atoms with E-state index in [1.807, 2.05) is 24.1 Å². The van der Waals surface area contributed by atoms with Crippen LogP contribution in [0.3, 0.4) is 0 Å². The average molecular weight is 262 g/mol. The Balaban J connectivity index is 2.14. The fraction of sp³-hybridized carbons (Fsp3) is 0.231. The van der Waals surface area contributed by atoms with E-state index in [2.05, 4.69) is 24.0 Å². The van der Waals surface area contributed by atoms with Crippen molar-refractivity contribution >= 4 is 22.4 Å². The van der Waals surface area contributed by atoms with Crippen LogP contribution in [-0.2, 0) is 6.54 Å². The van der Waals surface area contributed by atoms with Crippen LogP contribution < -0.4 is 4.90 Å². The van der Waals surface area contributed by atoms with Crippen molar-refractivity contribution in [2.45, 2.75) is 13.5 Å². The summed E-state index contributed by atoms with van der Waals surface area (Å²) in [7, 11) is 1.91. The van der Waals surface area contributed by atoms with Crippen LogP contribution in [0.25, 0.3) is 0 Å². The SMILES string of the molecule is Cc1ccccc1CN(C)c1ncc(C(=O)O)s1. The molecule has 0 aliphatic carbocycles. The molecule has 0 amide bonds. The first-order valence-electron chi connectivity index (χ1n) is 5.52. The molecule has 0 unspecified atom stereocenters. The Bertz CT molecular complexity index is 566. The molecule has 0 spiro atoms. The van der Waals surface area contributed by atoms with Gasteiger partial charge < -0.3 is 10.0 Å². The normalized spacial score (nSPS) is 10.3. The Hall–Kier alpha value is -1.88. The van der Waals surface area contributed by atoms with Gasteiger partial charge >= 0.3 is 5.97 Å². The van der Waals surface area contributed by atoms with Crippen molar-refractivity contribution in [3.8, 4) is 0 Å². The molecule has 1 N–H and O–H groups in total. The van der Waals surface area contributed by atoms with Crippen molar-refractivity contribution in [2.24, 2.45) is 0 Å². The first-order chi connectivity index (χ1) is 8.58. The third kappa shape index (κ3) is 2.68. The second-order valence-electron chi connectivity index (χ2n) is 4.09. The summed E-state index contributed by atoms with van der Waals surface area (Å²) in [5.74, 6) is -0.928. The van der Waals surface area contributed by atoms with Crippen LogP contribution >= 0.6 is 11.3 Å². The first-order valence-corrected chi connectivity index (χ1v) is 6.34. The predicted octanol–water partition coefficient (Wildman–Crippen LogP) is 2.79. The standard InChI is InChI=1S/C13H14N2O2S/c1-9-5-3-4-6-10(9)8-15(2)13-14-7-11(18-13)12(16)17/h3-7H,8H2,1-2H3,(H,16,17). The zero-order valence-corrected chi connectivity index (χ0v) is 11.1. The van der Waals surface area contributed by atoms with Crippen LogP contribution in [0.15, 0.2) is 30.5 Å². The highest BCUT2D eigenvalue weighted by Crippen LogP contribution is 2.23. The molecule has 0 saturated carbocycles. The van der Waals surface area contributed by atoms with Crippen molar-refractivity contribution in [2.75, 3.05) is 11.9 Å². The van der Waals surface area contributed by atoms with Crippen molar-refractivity contribution in [1.82, 2.24) is 4.98 Å². The number of rotatable bonds is 4. The zero-order valence-electron chi connectivity index (χ0n) is 10.3. The summed E-state index contributed by atoms with van der Waals surface area (Å²) in [6.45, 7) is 2.78. The maximum atomic E-state index is 10.8. The third-order valence-electron chi connectivity index (χ3n) is 2.70. The number of hydrogen-bond acceptors (Lipinski definition) is 4. The van der Waals surface area contributed by atoms with E-state index < -0.39 is 5.97 Å². The molecule has 4 nitrogen and oxygen atoms in total. The van der Waals surface area contributed by atoms with Gasteiger partial charge in [-0.3, -0.25) is 0 Å². The smallest absolute Gasteiger partial charge is 0.347 e. The molecule has 0 saturated heterocycles. The monoisotopic (exact) mass is 262 g/mol. The Morgan fingerprint density at radius 1 is 1.44 bits per heavy atom. The molecule has 2 aromatic rings. The molecule has 1 aromatic heterocycles. The second-order valence-corrected chi connectivity index (χ2v) is 5.10. The van der Waals surface area contributed by atoms with Crippen molar-refractivity contribution in [3.05, 3.63) is 46.5 Å². The molecule has 5 heteroatoms. The number of anilines is 1. The molecule has 0 atom stereocenters. The Morgan fingerprint density at radius 2 is 2.17 bits per heavy atom. The van der Waals surface area contributed by atoms with Crippen LogP contribution in [0.5, 0.6) is 0 Å². The van der Waals surface area contributed by atoms with Crippen LogP contribution in [-0.4, -0.2) is 23.1 Å². The van der Waals surface area contributed by atoms with E-state index in [4.69, 9.17) is 5.11 Å². The van der Waals surface area contributed by atoms with E-state index in [0.717, 1.165) is 11.7 Å². The van der Waals surface area contributed by atoms with Gasteiger partial charge in [0.1, 0.15) is 4.88 Å². The van der Waals surface area contributed by atoms with Gasteiger partial charge in [-0.1, -0.05) is 35.6 Å². The number of carbonyl (C=O) groups is 1.